The van der Waals surface area contributed by atoms with Gasteiger partial charge in [0.15, 0.2) is 0 Å². The largest absolute Gasteiger partial charge is 0.490 e. The molecule has 3 atom stereocenters. The van der Waals surface area contributed by atoms with E-state index in [0.717, 1.165) is 54.9 Å². The summed E-state index contributed by atoms with van der Waals surface area (Å²) in [7, 11) is 0. The van der Waals surface area contributed by atoms with E-state index in [1.807, 2.05) is 59.5 Å². The number of piperidine rings is 1. The third-order valence-corrected chi connectivity index (χ3v) is 7.83. The molecule has 3 fully saturated rings. The predicted molar refractivity (Wildman–Crippen MR) is 128 cm³/mol. The lowest BCUT2D eigenvalue weighted by molar-refractivity contribution is 0.0594. The highest BCUT2D eigenvalue weighted by Crippen LogP contribution is 2.49. The van der Waals surface area contributed by atoms with Gasteiger partial charge in [0, 0.05) is 43.6 Å². The second kappa shape index (κ2) is 9.98. The summed E-state index contributed by atoms with van der Waals surface area (Å²) in [5.74, 6) is 3.44. The molecule has 174 valence electrons. The van der Waals surface area contributed by atoms with Crippen molar-refractivity contribution >= 4 is 11.8 Å². The van der Waals surface area contributed by atoms with Crippen molar-refractivity contribution in [2.24, 2.45) is 17.8 Å². The molecule has 1 aliphatic heterocycles. The van der Waals surface area contributed by atoms with Crippen LogP contribution in [0.4, 0.5) is 0 Å². The Kier molecular flexibility index (Phi) is 6.65. The number of ether oxygens (including phenoxy) is 1. The zero-order valence-electron chi connectivity index (χ0n) is 19.2. The minimum Gasteiger partial charge on any atom is -0.490 e. The Labute approximate surface area is 196 Å². The summed E-state index contributed by atoms with van der Waals surface area (Å²) in [5.41, 5.74) is 1.38. The van der Waals surface area contributed by atoms with E-state index < -0.39 is 0 Å². The minimum absolute atomic E-state index is 0.0214. The summed E-state index contributed by atoms with van der Waals surface area (Å²) in [5, 5.41) is 3.11. The van der Waals surface area contributed by atoms with Crippen LogP contribution < -0.4 is 10.1 Å². The lowest BCUT2D eigenvalue weighted by Gasteiger charge is -2.32. The Balaban J connectivity index is 1.08. The molecule has 5 heteroatoms. The third kappa shape index (κ3) is 5.23. The number of carbonyl (C=O) groups is 2. The molecule has 5 rings (SSSR count). The molecule has 0 aromatic heterocycles. The van der Waals surface area contributed by atoms with E-state index in [0.29, 0.717) is 18.7 Å². The predicted octanol–water partition coefficient (Wildman–Crippen LogP) is 4.93. The maximum absolute atomic E-state index is 12.7. The van der Waals surface area contributed by atoms with Crippen LogP contribution in [0.3, 0.4) is 0 Å². The normalized spacial score (nSPS) is 24.6. The number of likely N-dealkylation sites (tertiary alicyclic amines) is 1. The van der Waals surface area contributed by atoms with E-state index in [1.165, 1.54) is 25.7 Å². The fourth-order valence-electron chi connectivity index (χ4n) is 6.05. The summed E-state index contributed by atoms with van der Waals surface area (Å²) in [6.07, 6.45) is 8.32. The standard InChI is InChI=1S/C28H34N2O3/c31-27(29-14-11-23-18-20-9-10-22(23)17-20)24-7-4-8-26(19-24)33-25-12-15-30(16-13-25)28(32)21-5-2-1-3-6-21/h1-8,19-20,22-23,25H,9-18H2,(H,29,31). The Bertz CT molecular complexity index is 968. The summed E-state index contributed by atoms with van der Waals surface area (Å²) >= 11 is 0. The number of amides is 2. The molecule has 2 amide bonds. The molecule has 0 radical (unpaired) electrons. The second-order valence-corrected chi connectivity index (χ2v) is 9.98. The highest BCUT2D eigenvalue weighted by molar-refractivity contribution is 5.94. The maximum atomic E-state index is 12.7. The molecule has 1 N–H and O–H groups in total. The number of hydrogen-bond donors (Lipinski definition) is 1. The third-order valence-electron chi connectivity index (χ3n) is 7.83. The number of nitrogens with zero attached hydrogens (tertiary/aromatic N) is 1. The lowest BCUT2D eigenvalue weighted by atomic mass is 9.86. The smallest absolute Gasteiger partial charge is 0.253 e. The summed E-state index contributed by atoms with van der Waals surface area (Å²) < 4.78 is 6.18. The van der Waals surface area contributed by atoms with Crippen LogP contribution in [0, 0.1) is 17.8 Å². The van der Waals surface area contributed by atoms with Crippen molar-refractivity contribution in [2.45, 2.75) is 51.0 Å². The van der Waals surface area contributed by atoms with E-state index in [9.17, 15) is 9.59 Å². The van der Waals surface area contributed by atoms with Gasteiger partial charge >= 0.3 is 0 Å². The molecule has 2 aromatic rings. The Hall–Kier alpha value is -2.82. The molecule has 3 unspecified atom stereocenters. The molecule has 1 heterocycles. The highest BCUT2D eigenvalue weighted by Gasteiger charge is 2.38. The maximum Gasteiger partial charge on any atom is 0.253 e. The molecule has 1 saturated heterocycles. The van der Waals surface area contributed by atoms with Gasteiger partial charge in [0.2, 0.25) is 0 Å². The number of benzene rings is 2. The number of rotatable bonds is 7. The number of fused-ring (bicyclic) bond motifs is 2. The van der Waals surface area contributed by atoms with Crippen LogP contribution >= 0.6 is 0 Å². The van der Waals surface area contributed by atoms with E-state index in [1.54, 1.807) is 0 Å². The van der Waals surface area contributed by atoms with Crippen molar-refractivity contribution in [1.82, 2.24) is 10.2 Å². The molecule has 0 spiro atoms. The fourth-order valence-corrected chi connectivity index (χ4v) is 6.05. The van der Waals surface area contributed by atoms with Crippen LogP contribution in [0.1, 0.15) is 65.7 Å². The van der Waals surface area contributed by atoms with Crippen LogP contribution in [-0.4, -0.2) is 42.5 Å². The van der Waals surface area contributed by atoms with Crippen molar-refractivity contribution in [3.8, 4) is 5.75 Å². The van der Waals surface area contributed by atoms with Gasteiger partial charge in [-0.2, -0.15) is 0 Å². The quantitative estimate of drug-likeness (QED) is 0.656. The Morgan fingerprint density at radius 3 is 2.42 bits per heavy atom. The van der Waals surface area contributed by atoms with Crippen molar-refractivity contribution in [2.75, 3.05) is 19.6 Å². The van der Waals surface area contributed by atoms with Crippen LogP contribution in [0.15, 0.2) is 54.6 Å². The van der Waals surface area contributed by atoms with E-state index in [-0.39, 0.29) is 17.9 Å². The van der Waals surface area contributed by atoms with Crippen molar-refractivity contribution in [1.29, 1.82) is 0 Å². The minimum atomic E-state index is -0.0214. The number of hydrogen-bond acceptors (Lipinski definition) is 3. The first-order valence-corrected chi connectivity index (χ1v) is 12.5. The molecule has 3 aliphatic rings. The molecule has 2 bridgehead atoms. The molecule has 2 aliphatic carbocycles. The second-order valence-electron chi connectivity index (χ2n) is 9.98. The summed E-state index contributed by atoms with van der Waals surface area (Å²) in [4.78, 5) is 27.2. The first-order valence-electron chi connectivity index (χ1n) is 12.5. The molecule has 5 nitrogen and oxygen atoms in total. The van der Waals surface area contributed by atoms with Gasteiger partial charge < -0.3 is 15.0 Å². The van der Waals surface area contributed by atoms with Gasteiger partial charge in [-0.1, -0.05) is 30.7 Å². The Morgan fingerprint density at radius 1 is 0.909 bits per heavy atom. The van der Waals surface area contributed by atoms with Crippen LogP contribution in [0.2, 0.25) is 0 Å². The average molecular weight is 447 g/mol. The van der Waals surface area contributed by atoms with Crippen LogP contribution in [-0.2, 0) is 0 Å². The van der Waals surface area contributed by atoms with Gasteiger partial charge in [0.1, 0.15) is 11.9 Å². The van der Waals surface area contributed by atoms with Gasteiger partial charge in [-0.05, 0) is 73.8 Å². The fraction of sp³-hybridized carbons (Fsp3) is 0.500. The topological polar surface area (TPSA) is 58.6 Å². The highest BCUT2D eigenvalue weighted by atomic mass is 16.5. The zero-order chi connectivity index (χ0) is 22.6. The van der Waals surface area contributed by atoms with Gasteiger partial charge in [-0.25, -0.2) is 0 Å². The molecular weight excluding hydrogens is 412 g/mol. The first kappa shape index (κ1) is 22.0. The van der Waals surface area contributed by atoms with E-state index >= 15 is 0 Å². The molecule has 2 aromatic carbocycles. The van der Waals surface area contributed by atoms with Gasteiger partial charge in [-0.3, -0.25) is 9.59 Å². The van der Waals surface area contributed by atoms with E-state index in [2.05, 4.69) is 5.32 Å². The van der Waals surface area contributed by atoms with Gasteiger partial charge in [-0.15, -0.1) is 0 Å². The van der Waals surface area contributed by atoms with Crippen LogP contribution in [0.5, 0.6) is 5.75 Å². The SMILES string of the molecule is O=C(NCCC1CC2CCC1C2)c1cccc(OC2CCN(C(=O)c3ccccc3)CC2)c1. The number of nitrogens with one attached hydrogen (secondary N) is 1. The van der Waals surface area contributed by atoms with Crippen LogP contribution in [0.25, 0.3) is 0 Å². The van der Waals surface area contributed by atoms with Crippen molar-refractivity contribution < 1.29 is 14.3 Å². The summed E-state index contributed by atoms with van der Waals surface area (Å²) in [6.45, 7) is 2.12. The molecule has 33 heavy (non-hydrogen) atoms. The molecule has 2 saturated carbocycles. The average Bonchev–Trinajstić information content (AvgIpc) is 3.48. The Morgan fingerprint density at radius 2 is 1.70 bits per heavy atom. The van der Waals surface area contributed by atoms with Crippen molar-refractivity contribution in [3.63, 3.8) is 0 Å². The number of carbonyl (C=O) groups excluding carboxylic acids is 2. The van der Waals surface area contributed by atoms with Crippen molar-refractivity contribution in [3.05, 3.63) is 65.7 Å². The van der Waals surface area contributed by atoms with E-state index in [4.69, 9.17) is 4.74 Å². The molecular formula is C28H34N2O3. The van der Waals surface area contributed by atoms with Gasteiger partial charge in [0.05, 0.1) is 0 Å². The lowest BCUT2D eigenvalue weighted by Crippen LogP contribution is -2.41. The zero-order valence-corrected chi connectivity index (χ0v) is 19.2. The first-order chi connectivity index (χ1) is 16.2. The monoisotopic (exact) mass is 446 g/mol. The summed E-state index contributed by atoms with van der Waals surface area (Å²) in [6, 6.07) is 16.9. The van der Waals surface area contributed by atoms with Gasteiger partial charge in [0.25, 0.3) is 11.8 Å².